The lowest BCUT2D eigenvalue weighted by molar-refractivity contribution is -0.123. The van der Waals surface area contributed by atoms with E-state index >= 15 is 0 Å². The largest absolute Gasteiger partial charge is 0.497 e. The number of ether oxygens (including phenoxy) is 2. The van der Waals surface area contributed by atoms with Crippen LogP contribution in [-0.2, 0) is 11.3 Å². The highest BCUT2D eigenvalue weighted by Crippen LogP contribution is 2.20. The molecule has 2 aromatic carbocycles. The number of benzene rings is 2. The molecule has 0 fully saturated rings. The topological polar surface area (TPSA) is 47.6 Å². The molecule has 0 saturated heterocycles. The molecule has 0 unspecified atom stereocenters. The van der Waals surface area contributed by atoms with Gasteiger partial charge in [0.15, 0.2) is 6.61 Å². The molecule has 0 heterocycles. The number of methoxy groups -OCH3 is 1. The van der Waals surface area contributed by atoms with Gasteiger partial charge in [0.25, 0.3) is 5.91 Å². The molecular formula is C19H23NO3. The van der Waals surface area contributed by atoms with Crippen LogP contribution in [0.5, 0.6) is 11.5 Å². The minimum atomic E-state index is -0.143. The Balaban J connectivity index is 1.79. The molecule has 0 aliphatic heterocycles. The second-order valence-electron chi connectivity index (χ2n) is 5.64. The van der Waals surface area contributed by atoms with Crippen molar-refractivity contribution in [2.24, 2.45) is 0 Å². The zero-order valence-electron chi connectivity index (χ0n) is 13.8. The highest BCUT2D eigenvalue weighted by Gasteiger charge is 2.05. The third-order valence-corrected chi connectivity index (χ3v) is 3.54. The summed E-state index contributed by atoms with van der Waals surface area (Å²) in [7, 11) is 1.63. The van der Waals surface area contributed by atoms with Gasteiger partial charge in [-0.2, -0.15) is 0 Å². The fraction of sp³-hybridized carbons (Fsp3) is 0.316. The summed E-state index contributed by atoms with van der Waals surface area (Å²) in [5.41, 5.74) is 2.21. The van der Waals surface area contributed by atoms with Crippen LogP contribution in [0.4, 0.5) is 0 Å². The number of rotatable bonds is 7. The van der Waals surface area contributed by atoms with Gasteiger partial charge < -0.3 is 14.8 Å². The molecule has 122 valence electrons. The first-order chi connectivity index (χ1) is 11.1. The van der Waals surface area contributed by atoms with Crippen LogP contribution in [0.3, 0.4) is 0 Å². The number of nitrogens with one attached hydrogen (secondary N) is 1. The summed E-state index contributed by atoms with van der Waals surface area (Å²) >= 11 is 0. The molecular weight excluding hydrogens is 290 g/mol. The van der Waals surface area contributed by atoms with Crippen molar-refractivity contribution in [3.05, 3.63) is 59.7 Å². The van der Waals surface area contributed by atoms with E-state index in [0.717, 1.165) is 17.1 Å². The number of hydrogen-bond donors (Lipinski definition) is 1. The maximum atomic E-state index is 11.9. The van der Waals surface area contributed by atoms with Gasteiger partial charge in [0.2, 0.25) is 0 Å². The lowest BCUT2D eigenvalue weighted by Crippen LogP contribution is -2.28. The average molecular weight is 313 g/mol. The van der Waals surface area contributed by atoms with Crippen molar-refractivity contribution in [2.75, 3.05) is 13.7 Å². The third kappa shape index (κ3) is 5.33. The Morgan fingerprint density at radius 1 is 1.09 bits per heavy atom. The summed E-state index contributed by atoms with van der Waals surface area (Å²) in [6.45, 7) is 4.73. The van der Waals surface area contributed by atoms with Crippen molar-refractivity contribution in [1.82, 2.24) is 5.32 Å². The molecule has 0 aromatic heterocycles. The Bertz CT molecular complexity index is 635. The minimum absolute atomic E-state index is 0.0116. The van der Waals surface area contributed by atoms with Crippen molar-refractivity contribution >= 4 is 5.91 Å². The Kier molecular flexibility index (Phi) is 6.03. The molecule has 4 nitrogen and oxygen atoms in total. The maximum absolute atomic E-state index is 11.9. The first-order valence-electron chi connectivity index (χ1n) is 7.71. The highest BCUT2D eigenvalue weighted by molar-refractivity contribution is 5.77. The molecule has 4 heteroatoms. The summed E-state index contributed by atoms with van der Waals surface area (Å²) in [6.07, 6.45) is 0. The van der Waals surface area contributed by atoms with E-state index in [-0.39, 0.29) is 12.5 Å². The Hall–Kier alpha value is -2.49. The van der Waals surface area contributed by atoms with Crippen LogP contribution in [0.25, 0.3) is 0 Å². The van der Waals surface area contributed by atoms with E-state index < -0.39 is 0 Å². The molecule has 1 amide bonds. The molecule has 2 rings (SSSR count). The van der Waals surface area contributed by atoms with Crippen molar-refractivity contribution in [1.29, 1.82) is 0 Å². The van der Waals surface area contributed by atoms with Crippen LogP contribution in [0.1, 0.15) is 30.9 Å². The third-order valence-electron chi connectivity index (χ3n) is 3.54. The summed E-state index contributed by atoms with van der Waals surface area (Å²) in [6, 6.07) is 15.4. The van der Waals surface area contributed by atoms with Crippen LogP contribution in [0.2, 0.25) is 0 Å². The molecule has 0 aliphatic carbocycles. The van der Waals surface area contributed by atoms with Gasteiger partial charge in [0.05, 0.1) is 7.11 Å². The molecule has 1 N–H and O–H groups in total. The van der Waals surface area contributed by atoms with Gasteiger partial charge in [-0.05, 0) is 41.3 Å². The van der Waals surface area contributed by atoms with Gasteiger partial charge in [-0.1, -0.05) is 38.1 Å². The normalized spacial score (nSPS) is 10.4. The molecule has 2 aromatic rings. The summed E-state index contributed by atoms with van der Waals surface area (Å²) in [4.78, 5) is 11.9. The van der Waals surface area contributed by atoms with E-state index in [1.54, 1.807) is 7.11 Å². The Morgan fingerprint density at radius 2 is 1.83 bits per heavy atom. The lowest BCUT2D eigenvalue weighted by atomic mass is 10.0. The fourth-order valence-corrected chi connectivity index (χ4v) is 2.11. The van der Waals surface area contributed by atoms with Gasteiger partial charge in [0.1, 0.15) is 11.5 Å². The van der Waals surface area contributed by atoms with Gasteiger partial charge in [-0.15, -0.1) is 0 Å². The fourth-order valence-electron chi connectivity index (χ4n) is 2.11. The summed E-state index contributed by atoms with van der Waals surface area (Å²) in [5.74, 6) is 1.81. The van der Waals surface area contributed by atoms with Crippen molar-refractivity contribution in [3.8, 4) is 11.5 Å². The number of amides is 1. The van der Waals surface area contributed by atoms with Crippen LogP contribution < -0.4 is 14.8 Å². The zero-order chi connectivity index (χ0) is 16.7. The lowest BCUT2D eigenvalue weighted by Gasteiger charge is -2.10. The number of hydrogen-bond acceptors (Lipinski definition) is 3. The standard InChI is InChI=1S/C19H23NO3/c1-14(2)16-5-4-6-18(11-16)23-13-19(21)20-12-15-7-9-17(22-3)10-8-15/h4-11,14H,12-13H2,1-3H3,(H,20,21). The van der Waals surface area contributed by atoms with Gasteiger partial charge in [-0.3, -0.25) is 4.79 Å². The maximum Gasteiger partial charge on any atom is 0.258 e. The van der Waals surface area contributed by atoms with E-state index in [1.165, 1.54) is 5.56 Å². The van der Waals surface area contributed by atoms with E-state index in [4.69, 9.17) is 9.47 Å². The van der Waals surface area contributed by atoms with Crippen LogP contribution in [0.15, 0.2) is 48.5 Å². The predicted molar refractivity (Wildman–Crippen MR) is 90.9 cm³/mol. The van der Waals surface area contributed by atoms with Crippen LogP contribution in [0, 0.1) is 0 Å². The molecule has 0 atom stereocenters. The van der Waals surface area contributed by atoms with E-state index in [2.05, 4.69) is 25.2 Å². The summed E-state index contributed by atoms with van der Waals surface area (Å²) in [5, 5.41) is 2.84. The molecule has 0 aliphatic rings. The second kappa shape index (κ2) is 8.22. The number of carbonyl (C=O) groups is 1. The van der Waals surface area contributed by atoms with Gasteiger partial charge in [0, 0.05) is 6.54 Å². The molecule has 0 radical (unpaired) electrons. The van der Waals surface area contributed by atoms with Gasteiger partial charge in [-0.25, -0.2) is 0 Å². The first-order valence-corrected chi connectivity index (χ1v) is 7.71. The zero-order valence-corrected chi connectivity index (χ0v) is 13.8. The summed E-state index contributed by atoms with van der Waals surface area (Å²) < 4.78 is 10.7. The van der Waals surface area contributed by atoms with Crippen molar-refractivity contribution in [3.63, 3.8) is 0 Å². The highest BCUT2D eigenvalue weighted by atomic mass is 16.5. The average Bonchev–Trinajstić information content (AvgIpc) is 2.58. The quantitative estimate of drug-likeness (QED) is 0.851. The van der Waals surface area contributed by atoms with Crippen molar-refractivity contribution in [2.45, 2.75) is 26.3 Å². The van der Waals surface area contributed by atoms with Crippen molar-refractivity contribution < 1.29 is 14.3 Å². The number of carbonyl (C=O) groups excluding carboxylic acids is 1. The second-order valence-corrected chi connectivity index (χ2v) is 5.64. The predicted octanol–water partition coefficient (Wildman–Crippen LogP) is 3.51. The van der Waals surface area contributed by atoms with Crippen LogP contribution >= 0.6 is 0 Å². The Labute approximate surface area is 137 Å². The van der Waals surface area contributed by atoms with Gasteiger partial charge >= 0.3 is 0 Å². The molecule has 0 bridgehead atoms. The molecule has 23 heavy (non-hydrogen) atoms. The monoisotopic (exact) mass is 313 g/mol. The SMILES string of the molecule is COc1ccc(CNC(=O)COc2cccc(C(C)C)c2)cc1. The molecule has 0 saturated carbocycles. The Morgan fingerprint density at radius 3 is 2.48 bits per heavy atom. The van der Waals surface area contributed by atoms with Crippen LogP contribution in [-0.4, -0.2) is 19.6 Å². The smallest absolute Gasteiger partial charge is 0.258 e. The first kappa shape index (κ1) is 16.9. The van der Waals surface area contributed by atoms with E-state index in [0.29, 0.717) is 12.5 Å². The van der Waals surface area contributed by atoms with E-state index in [1.807, 2.05) is 42.5 Å². The molecule has 0 spiro atoms. The van der Waals surface area contributed by atoms with E-state index in [9.17, 15) is 4.79 Å². The minimum Gasteiger partial charge on any atom is -0.497 e.